The van der Waals surface area contributed by atoms with Gasteiger partial charge in [0.2, 0.25) is 5.91 Å². The molecule has 3 aliphatic rings. The number of imide groups is 1. The summed E-state index contributed by atoms with van der Waals surface area (Å²) in [4.78, 5) is 30.3. The van der Waals surface area contributed by atoms with E-state index in [-0.39, 0.29) is 24.5 Å². The van der Waals surface area contributed by atoms with E-state index >= 15 is 0 Å². The topological polar surface area (TPSA) is 101 Å². The van der Waals surface area contributed by atoms with Gasteiger partial charge in [0.15, 0.2) is 5.65 Å². The van der Waals surface area contributed by atoms with Crippen LogP contribution in [0.4, 0.5) is 11.6 Å². The second kappa shape index (κ2) is 6.59. The molecule has 146 valence electrons. The SMILES string of the molecule is CN(c1cc(NC2CC2)n2ncc(/C=C3\CC(=O)NC3=O)c2n1)C1CCCO1. The summed E-state index contributed by atoms with van der Waals surface area (Å²) in [6.07, 6.45) is 7.75. The van der Waals surface area contributed by atoms with Gasteiger partial charge in [-0.25, -0.2) is 4.98 Å². The van der Waals surface area contributed by atoms with Crippen LogP contribution >= 0.6 is 0 Å². The maximum absolute atomic E-state index is 11.9. The van der Waals surface area contributed by atoms with Crippen molar-refractivity contribution in [3.63, 3.8) is 0 Å². The van der Waals surface area contributed by atoms with Crippen LogP contribution in [0, 0.1) is 0 Å². The molecule has 2 N–H and O–H groups in total. The zero-order chi connectivity index (χ0) is 19.3. The van der Waals surface area contributed by atoms with Crippen LogP contribution in [-0.4, -0.2) is 52.3 Å². The first-order valence-corrected chi connectivity index (χ1v) is 9.63. The normalized spacial score (nSPS) is 23.6. The minimum atomic E-state index is -0.353. The lowest BCUT2D eigenvalue weighted by Crippen LogP contribution is -2.31. The number of carbonyl (C=O) groups is 2. The number of amides is 2. The van der Waals surface area contributed by atoms with E-state index < -0.39 is 0 Å². The first-order chi connectivity index (χ1) is 13.6. The third kappa shape index (κ3) is 3.11. The molecule has 3 fully saturated rings. The smallest absolute Gasteiger partial charge is 0.254 e. The fourth-order valence-corrected chi connectivity index (χ4v) is 3.61. The Bertz CT molecular complexity index is 987. The molecule has 9 heteroatoms. The molecule has 0 bridgehead atoms. The number of nitrogens with one attached hydrogen (secondary N) is 2. The van der Waals surface area contributed by atoms with Crippen LogP contribution in [0.1, 0.15) is 37.7 Å². The molecule has 1 aliphatic carbocycles. The molecule has 1 unspecified atom stereocenters. The van der Waals surface area contributed by atoms with Gasteiger partial charge in [0.1, 0.15) is 17.9 Å². The van der Waals surface area contributed by atoms with Gasteiger partial charge in [-0.05, 0) is 31.8 Å². The summed E-state index contributed by atoms with van der Waals surface area (Å²) in [6.45, 7) is 0.762. The Morgan fingerprint density at radius 2 is 2.21 bits per heavy atom. The van der Waals surface area contributed by atoms with Gasteiger partial charge in [0.05, 0.1) is 12.6 Å². The van der Waals surface area contributed by atoms with Crippen molar-refractivity contribution in [2.75, 3.05) is 23.9 Å². The Balaban J connectivity index is 1.58. The van der Waals surface area contributed by atoms with Crippen LogP contribution in [0.25, 0.3) is 11.7 Å². The van der Waals surface area contributed by atoms with Gasteiger partial charge in [0.25, 0.3) is 5.91 Å². The molecule has 1 saturated carbocycles. The molecule has 0 aromatic carbocycles. The van der Waals surface area contributed by atoms with Gasteiger partial charge < -0.3 is 15.0 Å². The Kier molecular flexibility index (Phi) is 4.04. The van der Waals surface area contributed by atoms with Crippen molar-refractivity contribution in [3.8, 4) is 0 Å². The molecular formula is C19H22N6O3. The van der Waals surface area contributed by atoms with Gasteiger partial charge in [0, 0.05) is 36.9 Å². The highest BCUT2D eigenvalue weighted by atomic mass is 16.5. The van der Waals surface area contributed by atoms with E-state index in [1.807, 2.05) is 18.0 Å². The van der Waals surface area contributed by atoms with Crippen LogP contribution in [0.3, 0.4) is 0 Å². The molecule has 2 saturated heterocycles. The minimum absolute atomic E-state index is 0.00619. The number of aromatic nitrogens is 3. The van der Waals surface area contributed by atoms with Crippen LogP contribution < -0.4 is 15.5 Å². The molecule has 5 rings (SSSR count). The van der Waals surface area contributed by atoms with E-state index in [9.17, 15) is 9.59 Å². The summed E-state index contributed by atoms with van der Waals surface area (Å²) in [5.74, 6) is 1.02. The third-order valence-electron chi connectivity index (χ3n) is 5.34. The molecular weight excluding hydrogens is 360 g/mol. The van der Waals surface area contributed by atoms with Crippen molar-refractivity contribution in [2.45, 2.75) is 44.4 Å². The highest BCUT2D eigenvalue weighted by molar-refractivity contribution is 6.15. The van der Waals surface area contributed by atoms with Gasteiger partial charge in [-0.15, -0.1) is 0 Å². The number of nitrogens with zero attached hydrogens (tertiary/aromatic N) is 4. The monoisotopic (exact) mass is 382 g/mol. The molecule has 2 amide bonds. The van der Waals surface area contributed by atoms with E-state index in [0.717, 1.165) is 43.9 Å². The van der Waals surface area contributed by atoms with Gasteiger partial charge in [-0.1, -0.05) is 0 Å². The molecule has 28 heavy (non-hydrogen) atoms. The molecule has 1 atom stereocenters. The van der Waals surface area contributed by atoms with Gasteiger partial charge in [-0.3, -0.25) is 14.9 Å². The first-order valence-electron chi connectivity index (χ1n) is 9.63. The van der Waals surface area contributed by atoms with E-state index in [4.69, 9.17) is 9.72 Å². The molecule has 2 aromatic heterocycles. The van der Waals surface area contributed by atoms with Gasteiger partial charge in [-0.2, -0.15) is 9.61 Å². The van der Waals surface area contributed by atoms with Crippen LogP contribution in [0.5, 0.6) is 0 Å². The Labute approximate surface area is 161 Å². The van der Waals surface area contributed by atoms with Crippen molar-refractivity contribution in [2.24, 2.45) is 0 Å². The lowest BCUT2D eigenvalue weighted by atomic mass is 10.1. The highest BCUT2D eigenvalue weighted by Crippen LogP contribution is 2.30. The first kappa shape index (κ1) is 17.2. The molecule has 4 heterocycles. The summed E-state index contributed by atoms with van der Waals surface area (Å²) in [5.41, 5.74) is 1.78. The number of fused-ring (bicyclic) bond motifs is 1. The van der Waals surface area contributed by atoms with Crippen LogP contribution in [0.2, 0.25) is 0 Å². The third-order valence-corrected chi connectivity index (χ3v) is 5.34. The predicted octanol–water partition coefficient (Wildman–Crippen LogP) is 1.31. The summed E-state index contributed by atoms with van der Waals surface area (Å²) in [6, 6.07) is 2.44. The maximum Gasteiger partial charge on any atom is 0.254 e. The average Bonchev–Trinajstić information content (AvgIpc) is 3.07. The molecule has 9 nitrogen and oxygen atoms in total. The van der Waals surface area contributed by atoms with Crippen molar-refractivity contribution in [3.05, 3.63) is 23.4 Å². The van der Waals surface area contributed by atoms with Crippen molar-refractivity contribution in [1.82, 2.24) is 19.9 Å². The molecule has 2 aliphatic heterocycles. The zero-order valence-electron chi connectivity index (χ0n) is 15.6. The van der Waals surface area contributed by atoms with E-state index in [1.165, 1.54) is 0 Å². The molecule has 0 spiro atoms. The number of ether oxygens (including phenoxy) is 1. The zero-order valence-corrected chi connectivity index (χ0v) is 15.6. The standard InChI is InChI=1S/C19H22N6O3/c1-24(17-3-2-6-28-17)14-9-15(21-13-4-5-13)25-18(22-14)12(10-20-25)7-11-8-16(26)23-19(11)27/h7,9-10,13,17,21H,2-6,8H2,1H3,(H,23,26,27)/b11-7+. The van der Waals surface area contributed by atoms with Crippen molar-refractivity contribution < 1.29 is 14.3 Å². The minimum Gasteiger partial charge on any atom is -0.367 e. The lowest BCUT2D eigenvalue weighted by Gasteiger charge is -2.25. The van der Waals surface area contributed by atoms with E-state index in [2.05, 4.69) is 15.7 Å². The summed E-state index contributed by atoms with van der Waals surface area (Å²) in [5, 5.41) is 10.3. The maximum atomic E-state index is 11.9. The fraction of sp³-hybridized carbons (Fsp3) is 0.474. The van der Waals surface area contributed by atoms with E-state index in [1.54, 1.807) is 16.8 Å². The molecule has 0 radical (unpaired) electrons. The number of carbonyl (C=O) groups excluding carboxylic acids is 2. The van der Waals surface area contributed by atoms with Crippen LogP contribution in [-0.2, 0) is 14.3 Å². The number of anilines is 2. The predicted molar refractivity (Wildman–Crippen MR) is 103 cm³/mol. The van der Waals surface area contributed by atoms with Crippen molar-refractivity contribution in [1.29, 1.82) is 0 Å². The Hall–Kier alpha value is -2.94. The highest BCUT2D eigenvalue weighted by Gasteiger charge is 2.27. The number of hydrogen-bond acceptors (Lipinski definition) is 7. The van der Waals surface area contributed by atoms with Crippen molar-refractivity contribution >= 4 is 35.2 Å². The second-order valence-electron chi connectivity index (χ2n) is 7.56. The second-order valence-corrected chi connectivity index (χ2v) is 7.56. The summed E-state index contributed by atoms with van der Waals surface area (Å²) < 4.78 is 7.56. The number of hydrogen-bond donors (Lipinski definition) is 2. The van der Waals surface area contributed by atoms with E-state index in [0.29, 0.717) is 22.8 Å². The summed E-state index contributed by atoms with van der Waals surface area (Å²) >= 11 is 0. The Morgan fingerprint density at radius 3 is 2.89 bits per heavy atom. The lowest BCUT2D eigenvalue weighted by molar-refractivity contribution is -0.124. The Morgan fingerprint density at radius 1 is 1.36 bits per heavy atom. The average molecular weight is 382 g/mol. The fourth-order valence-electron chi connectivity index (χ4n) is 3.61. The summed E-state index contributed by atoms with van der Waals surface area (Å²) in [7, 11) is 1.98. The number of rotatable bonds is 5. The van der Waals surface area contributed by atoms with Gasteiger partial charge >= 0.3 is 0 Å². The largest absolute Gasteiger partial charge is 0.367 e. The van der Waals surface area contributed by atoms with Crippen LogP contribution in [0.15, 0.2) is 17.8 Å². The molecule has 2 aromatic rings. The quantitative estimate of drug-likeness (QED) is 0.594.